The molecule has 6 nitrogen and oxygen atoms in total. The molecule has 2 amide bonds. The zero-order chi connectivity index (χ0) is 22.7. The van der Waals surface area contributed by atoms with Crippen molar-refractivity contribution >= 4 is 18.0 Å². The van der Waals surface area contributed by atoms with Crippen LogP contribution in [0.15, 0.2) is 72.8 Å². The van der Waals surface area contributed by atoms with Crippen molar-refractivity contribution in [3.63, 3.8) is 0 Å². The summed E-state index contributed by atoms with van der Waals surface area (Å²) in [6, 6.07) is 21.5. The van der Waals surface area contributed by atoms with Crippen LogP contribution >= 0.6 is 0 Å². The van der Waals surface area contributed by atoms with Crippen LogP contribution in [0.1, 0.15) is 38.7 Å². The van der Waals surface area contributed by atoms with E-state index in [4.69, 9.17) is 4.74 Å². The van der Waals surface area contributed by atoms with E-state index in [1.54, 1.807) is 23.9 Å². The highest BCUT2D eigenvalue weighted by atomic mass is 16.5. The number of hydrogen-bond donors (Lipinski definition) is 2. The van der Waals surface area contributed by atoms with Gasteiger partial charge in [-0.15, -0.1) is 10.1 Å². The van der Waals surface area contributed by atoms with E-state index in [9.17, 15) is 9.59 Å². The third-order valence-electron chi connectivity index (χ3n) is 5.66. The van der Waals surface area contributed by atoms with Gasteiger partial charge in [0.25, 0.3) is 5.91 Å². The van der Waals surface area contributed by atoms with Gasteiger partial charge in [-0.25, -0.2) is 0 Å². The molecule has 0 unspecified atom stereocenters. The van der Waals surface area contributed by atoms with Crippen LogP contribution in [0.25, 0.3) is 0 Å². The van der Waals surface area contributed by atoms with Gasteiger partial charge < -0.3 is 10.1 Å². The molecule has 0 saturated carbocycles. The quantitative estimate of drug-likeness (QED) is 0.613. The highest BCUT2D eigenvalue weighted by Crippen LogP contribution is 2.27. The average Bonchev–Trinajstić information content (AvgIpc) is 3.10. The highest BCUT2D eigenvalue weighted by molar-refractivity contribution is 5.98. The van der Waals surface area contributed by atoms with Crippen molar-refractivity contribution in [1.29, 1.82) is 0 Å². The molecule has 3 aromatic carbocycles. The van der Waals surface area contributed by atoms with Crippen LogP contribution in [0.2, 0.25) is 0 Å². The number of nitrogens with zero attached hydrogens (tertiary/aromatic N) is 1. The molecule has 1 aliphatic heterocycles. The Morgan fingerprint density at radius 2 is 1.69 bits per heavy atom. The monoisotopic (exact) mass is 428 g/mol. The number of ether oxygens (including phenoxy) is 1. The van der Waals surface area contributed by atoms with Gasteiger partial charge in [-0.05, 0) is 61.9 Å². The number of methoxy groups -OCH3 is 1. The normalized spacial score (nSPS) is 19.0. The minimum absolute atomic E-state index is 0.267. The largest absolute Gasteiger partial charge is 0.497 e. The fraction of sp³-hybridized carbons (Fsp3) is 0.192. The Labute approximate surface area is 187 Å². The second kappa shape index (κ2) is 9.06. The van der Waals surface area contributed by atoms with E-state index in [2.05, 4.69) is 10.7 Å². The van der Waals surface area contributed by atoms with Crippen molar-refractivity contribution in [3.05, 3.63) is 101 Å². The molecule has 0 bridgehead atoms. The van der Waals surface area contributed by atoms with Crippen molar-refractivity contribution < 1.29 is 19.0 Å². The second-order valence-electron chi connectivity index (χ2n) is 7.90. The zero-order valence-corrected chi connectivity index (χ0v) is 18.3. The van der Waals surface area contributed by atoms with Crippen molar-refractivity contribution in [2.45, 2.75) is 25.9 Å². The van der Waals surface area contributed by atoms with E-state index in [0.29, 0.717) is 5.56 Å². The average molecular weight is 429 g/mol. The summed E-state index contributed by atoms with van der Waals surface area (Å²) < 4.78 is 7.05. The van der Waals surface area contributed by atoms with Crippen LogP contribution in [0.5, 0.6) is 5.75 Å². The van der Waals surface area contributed by atoms with Gasteiger partial charge >= 0.3 is 5.91 Å². The van der Waals surface area contributed by atoms with Crippen LogP contribution in [0.4, 0.5) is 0 Å². The number of hydrogen-bond acceptors (Lipinski definition) is 3. The minimum Gasteiger partial charge on any atom is -0.497 e. The summed E-state index contributed by atoms with van der Waals surface area (Å²) >= 11 is 0. The predicted octanol–water partition coefficient (Wildman–Crippen LogP) is 3.33. The third-order valence-corrected chi connectivity index (χ3v) is 5.66. The maximum absolute atomic E-state index is 13.0. The summed E-state index contributed by atoms with van der Waals surface area (Å²) in [5, 5.41) is 2.93. The Bertz CT molecular complexity index is 1170. The predicted molar refractivity (Wildman–Crippen MR) is 123 cm³/mol. The molecule has 162 valence electrons. The molecular weight excluding hydrogens is 402 g/mol. The summed E-state index contributed by atoms with van der Waals surface area (Å²) in [5.41, 5.74) is 7.44. The Kier molecular flexibility index (Phi) is 6.03. The van der Waals surface area contributed by atoms with Gasteiger partial charge in [0, 0.05) is 16.7 Å². The number of carbonyl (C=O) groups excluding carboxylic acids is 2. The summed E-state index contributed by atoms with van der Waals surface area (Å²) in [4.78, 5) is 25.9. The Morgan fingerprint density at radius 1 is 1.00 bits per heavy atom. The summed E-state index contributed by atoms with van der Waals surface area (Å²) in [5.74, 6) is 0.165. The maximum Gasteiger partial charge on any atom is 0.304 e. The molecule has 3 aromatic rings. The molecule has 32 heavy (non-hydrogen) atoms. The van der Waals surface area contributed by atoms with Gasteiger partial charge in [-0.3, -0.25) is 9.59 Å². The first-order valence-electron chi connectivity index (χ1n) is 10.5. The van der Waals surface area contributed by atoms with Crippen molar-refractivity contribution in [2.75, 3.05) is 7.11 Å². The molecule has 1 fully saturated rings. The molecule has 1 saturated heterocycles. The van der Waals surface area contributed by atoms with Gasteiger partial charge in [0.05, 0.1) is 7.11 Å². The summed E-state index contributed by atoms with van der Waals surface area (Å²) in [7, 11) is 1.61. The molecule has 0 spiro atoms. The lowest BCUT2D eigenvalue weighted by molar-refractivity contribution is -0.596. The van der Waals surface area contributed by atoms with Crippen LogP contribution in [-0.2, 0) is 4.79 Å². The number of benzene rings is 3. The van der Waals surface area contributed by atoms with E-state index in [1.807, 2.05) is 80.7 Å². The Hall–Kier alpha value is -3.93. The SMILES string of the molecule is COc1ccc([C@H]2[C@H](NC(=O)c3ccc(C)cc3)C(=O)N/[N+]2=C\c2ccccc2C)cc1. The van der Waals surface area contributed by atoms with Gasteiger partial charge in [0.15, 0.2) is 6.04 Å². The highest BCUT2D eigenvalue weighted by Gasteiger charge is 2.47. The van der Waals surface area contributed by atoms with Crippen LogP contribution in [0, 0.1) is 13.8 Å². The van der Waals surface area contributed by atoms with Crippen LogP contribution in [-0.4, -0.2) is 35.9 Å². The fourth-order valence-corrected chi connectivity index (χ4v) is 3.79. The first-order chi connectivity index (χ1) is 15.5. The first-order valence-corrected chi connectivity index (χ1v) is 10.5. The zero-order valence-electron chi connectivity index (χ0n) is 18.3. The Balaban J connectivity index is 1.71. The number of amides is 2. The molecule has 1 heterocycles. The van der Waals surface area contributed by atoms with Gasteiger partial charge in [0.2, 0.25) is 12.3 Å². The number of carbonyl (C=O) groups is 2. The lowest BCUT2D eigenvalue weighted by atomic mass is 9.99. The molecule has 4 rings (SSSR count). The lowest BCUT2D eigenvalue weighted by Crippen LogP contribution is -2.42. The molecule has 1 aliphatic rings. The lowest BCUT2D eigenvalue weighted by Gasteiger charge is -2.15. The number of nitrogens with one attached hydrogen (secondary N) is 2. The fourth-order valence-electron chi connectivity index (χ4n) is 3.79. The van der Waals surface area contributed by atoms with Crippen LogP contribution in [0.3, 0.4) is 0 Å². The third kappa shape index (κ3) is 4.39. The van der Waals surface area contributed by atoms with E-state index in [-0.39, 0.29) is 11.8 Å². The molecule has 0 radical (unpaired) electrons. The van der Waals surface area contributed by atoms with E-state index in [1.165, 1.54) is 0 Å². The number of hydrazine groups is 1. The molecular formula is C26H26N3O3+. The topological polar surface area (TPSA) is 70.4 Å². The number of hydrazone groups is 1. The first kappa shape index (κ1) is 21.3. The van der Waals surface area contributed by atoms with E-state index < -0.39 is 12.1 Å². The van der Waals surface area contributed by atoms with Crippen molar-refractivity contribution in [1.82, 2.24) is 10.7 Å². The number of rotatable bonds is 5. The molecule has 6 heteroatoms. The number of aryl methyl sites for hydroxylation is 2. The summed E-state index contributed by atoms with van der Waals surface area (Å²) in [6.07, 6.45) is 1.90. The Morgan fingerprint density at radius 3 is 2.34 bits per heavy atom. The van der Waals surface area contributed by atoms with E-state index >= 15 is 0 Å². The van der Waals surface area contributed by atoms with Crippen molar-refractivity contribution in [3.8, 4) is 5.75 Å². The molecule has 0 aliphatic carbocycles. The summed E-state index contributed by atoms with van der Waals surface area (Å²) in [6.45, 7) is 3.98. The van der Waals surface area contributed by atoms with Gasteiger partial charge in [0.1, 0.15) is 5.75 Å². The molecule has 2 atom stereocenters. The second-order valence-corrected chi connectivity index (χ2v) is 7.90. The van der Waals surface area contributed by atoms with Gasteiger partial charge in [-0.1, -0.05) is 35.9 Å². The smallest absolute Gasteiger partial charge is 0.304 e. The van der Waals surface area contributed by atoms with Crippen LogP contribution < -0.4 is 15.5 Å². The van der Waals surface area contributed by atoms with E-state index in [0.717, 1.165) is 28.0 Å². The molecule has 0 aromatic heterocycles. The van der Waals surface area contributed by atoms with Gasteiger partial charge in [-0.2, -0.15) is 0 Å². The molecule has 2 N–H and O–H groups in total. The minimum atomic E-state index is -0.766. The standard InChI is InChI=1S/C26H25N3O3/c1-17-8-10-20(11-9-17)25(30)27-23-24(19-12-14-22(32-3)15-13-19)29(28-26(23)31)16-21-7-5-4-6-18(21)2/h4-16,23-24H,1-3H3,(H-,27,28,30,31)/p+1/b29-16-/t23-,24-/m0/s1. The van der Waals surface area contributed by atoms with Crippen molar-refractivity contribution in [2.24, 2.45) is 0 Å². The maximum atomic E-state index is 13.0.